The molecule has 11 heteroatoms. The van der Waals surface area contributed by atoms with Gasteiger partial charge in [-0.15, -0.1) is 11.8 Å². The van der Waals surface area contributed by atoms with Crippen molar-refractivity contribution in [3.8, 4) is 0 Å². The molecule has 1 aliphatic rings. The number of ketones is 2. The van der Waals surface area contributed by atoms with Gasteiger partial charge in [-0.05, 0) is 29.0 Å². The number of hydrogen-bond donors (Lipinski definition) is 3. The molecule has 0 aromatic heterocycles. The molecule has 258 valence electrons. The van der Waals surface area contributed by atoms with Crippen molar-refractivity contribution in [1.82, 2.24) is 15.5 Å². The molecule has 3 aromatic rings. The molecule has 1 unspecified atom stereocenters. The first-order valence-corrected chi connectivity index (χ1v) is 17.6. The van der Waals surface area contributed by atoms with E-state index in [0.717, 1.165) is 11.1 Å². The quantitative estimate of drug-likeness (QED) is 0.182. The number of nitrogens with one attached hydrogen (secondary N) is 2. The number of rotatable bonds is 17. The third kappa shape index (κ3) is 10.6. The average Bonchev–Trinajstić information content (AvgIpc) is 3.61. The molecular weight excluding hydrogens is 642 g/mol. The lowest BCUT2D eigenvalue weighted by Gasteiger charge is -2.30. The summed E-state index contributed by atoms with van der Waals surface area (Å²) in [5.41, 5.74) is 2.36. The molecule has 10 nitrogen and oxygen atoms in total. The maximum absolute atomic E-state index is 14.0. The molecule has 5 atom stereocenters. The van der Waals surface area contributed by atoms with Crippen LogP contribution in [0.1, 0.15) is 43.4 Å². The van der Waals surface area contributed by atoms with Crippen molar-refractivity contribution >= 4 is 47.0 Å². The molecule has 0 saturated carbocycles. The van der Waals surface area contributed by atoms with Crippen LogP contribution < -0.4 is 10.6 Å². The Morgan fingerprint density at radius 3 is 1.92 bits per heavy atom. The van der Waals surface area contributed by atoms with Gasteiger partial charge in [-0.25, -0.2) is 4.79 Å². The van der Waals surface area contributed by atoms with Crippen LogP contribution in [0.5, 0.6) is 0 Å². The molecule has 1 fully saturated rings. The first-order valence-electron chi connectivity index (χ1n) is 16.5. The van der Waals surface area contributed by atoms with Gasteiger partial charge in [0.25, 0.3) is 5.91 Å². The van der Waals surface area contributed by atoms with Crippen molar-refractivity contribution in [2.45, 2.75) is 64.1 Å². The summed E-state index contributed by atoms with van der Waals surface area (Å²) in [5, 5.41) is 15.0. The number of carboxylic acid groups (broad SMARTS) is 1. The highest BCUT2D eigenvalue weighted by atomic mass is 32.2. The Morgan fingerprint density at radius 1 is 0.816 bits per heavy atom. The number of hydrogen-bond acceptors (Lipinski definition) is 7. The molecule has 1 saturated heterocycles. The summed E-state index contributed by atoms with van der Waals surface area (Å²) in [6, 6.07) is 24.0. The molecule has 3 aromatic carbocycles. The Hall–Kier alpha value is -4.77. The van der Waals surface area contributed by atoms with Gasteiger partial charge in [0.05, 0.1) is 5.88 Å². The zero-order chi connectivity index (χ0) is 35.3. The lowest BCUT2D eigenvalue weighted by molar-refractivity contribution is -0.150. The van der Waals surface area contributed by atoms with E-state index in [9.17, 15) is 33.9 Å². The number of thioether (sulfide) groups is 1. The molecule has 0 spiro atoms. The zero-order valence-electron chi connectivity index (χ0n) is 27.7. The Balaban J connectivity index is 1.56. The first kappa shape index (κ1) is 37.1. The van der Waals surface area contributed by atoms with Crippen LogP contribution in [0.3, 0.4) is 0 Å². The topological polar surface area (TPSA) is 150 Å². The average molecular weight is 686 g/mol. The van der Waals surface area contributed by atoms with E-state index in [0.29, 0.717) is 12.0 Å². The molecule has 3 amide bonds. The van der Waals surface area contributed by atoms with Crippen molar-refractivity contribution in [3.63, 3.8) is 0 Å². The largest absolute Gasteiger partial charge is 0.480 e. The third-order valence-corrected chi connectivity index (χ3v) is 9.78. The monoisotopic (exact) mass is 685 g/mol. The second-order valence-electron chi connectivity index (χ2n) is 12.4. The smallest absolute Gasteiger partial charge is 0.327 e. The van der Waals surface area contributed by atoms with E-state index in [1.165, 1.54) is 16.7 Å². The van der Waals surface area contributed by atoms with Gasteiger partial charge in [-0.3, -0.25) is 24.0 Å². The Morgan fingerprint density at radius 2 is 1.37 bits per heavy atom. The van der Waals surface area contributed by atoms with E-state index in [-0.39, 0.29) is 43.1 Å². The Labute approximate surface area is 291 Å². The van der Waals surface area contributed by atoms with E-state index >= 15 is 0 Å². The molecular formula is C38H43N3O7S. The maximum atomic E-state index is 14.0. The van der Waals surface area contributed by atoms with E-state index in [4.69, 9.17) is 0 Å². The van der Waals surface area contributed by atoms with Crippen LogP contribution >= 0.6 is 11.8 Å². The maximum Gasteiger partial charge on any atom is 0.327 e. The fourth-order valence-electron chi connectivity index (χ4n) is 5.77. The normalized spacial score (nSPS) is 16.5. The van der Waals surface area contributed by atoms with Crippen molar-refractivity contribution < 1.29 is 33.9 Å². The number of carbonyl (C=O) groups is 6. The van der Waals surface area contributed by atoms with E-state index in [1.54, 1.807) is 31.2 Å². The lowest BCUT2D eigenvalue weighted by atomic mass is 9.90. The van der Waals surface area contributed by atoms with Crippen molar-refractivity contribution in [3.05, 3.63) is 108 Å². The van der Waals surface area contributed by atoms with Crippen LogP contribution in [-0.2, 0) is 48.0 Å². The van der Waals surface area contributed by atoms with Gasteiger partial charge in [-0.2, -0.15) is 0 Å². The highest BCUT2D eigenvalue weighted by Gasteiger charge is 2.41. The predicted molar refractivity (Wildman–Crippen MR) is 187 cm³/mol. The second-order valence-corrected chi connectivity index (χ2v) is 13.4. The van der Waals surface area contributed by atoms with Crippen LogP contribution in [-0.4, -0.2) is 75.0 Å². The number of carboxylic acids is 1. The summed E-state index contributed by atoms with van der Waals surface area (Å²) < 4.78 is 0. The van der Waals surface area contributed by atoms with Crippen molar-refractivity contribution in [2.24, 2.45) is 11.8 Å². The number of Topliss-reactive ketones (excluding diaryl/α,β-unsaturated/α-hetero) is 2. The van der Waals surface area contributed by atoms with Crippen molar-refractivity contribution in [1.29, 1.82) is 0 Å². The lowest BCUT2D eigenvalue weighted by Crippen LogP contribution is -2.58. The van der Waals surface area contributed by atoms with Crippen LogP contribution in [0.15, 0.2) is 91.0 Å². The standard InChI is InChI=1S/C38H43N3O7S/c1-3-25(2)33(37(46)41-24-49-23-32(41)38(47)48)40-36(45)34(43)31(21-28-17-11-6-12-18-28)39-35(44)29(19-26-13-7-4-8-14-26)22-30(42)20-27-15-9-5-10-16-27/h4-18,25,29,31-33H,3,19-24H2,1-2H3,(H,39,44)(H,40,45)(H,47,48)/t25-,29+,31?,32-,33-/m0/s1. The Kier molecular flexibility index (Phi) is 13.7. The highest BCUT2D eigenvalue weighted by Crippen LogP contribution is 2.24. The van der Waals surface area contributed by atoms with E-state index in [2.05, 4.69) is 10.6 Å². The number of benzene rings is 3. The van der Waals surface area contributed by atoms with Crippen LogP contribution in [0.25, 0.3) is 0 Å². The van der Waals surface area contributed by atoms with Crippen LogP contribution in [0.4, 0.5) is 0 Å². The molecule has 0 bridgehead atoms. The molecule has 3 N–H and O–H groups in total. The van der Waals surface area contributed by atoms with Gasteiger partial charge in [0.1, 0.15) is 23.9 Å². The SMILES string of the molecule is CC[C@H](C)[C@H](NC(=O)C(=O)C(Cc1ccccc1)NC(=O)[C@@H](CC(=O)Cc1ccccc1)Cc1ccccc1)C(=O)N1CSC[C@H]1C(=O)O. The second kappa shape index (κ2) is 18.1. The Bertz CT molecular complexity index is 1600. The molecule has 1 aliphatic heterocycles. The summed E-state index contributed by atoms with van der Waals surface area (Å²) in [4.78, 5) is 81.2. The van der Waals surface area contributed by atoms with E-state index in [1.807, 2.05) is 73.7 Å². The summed E-state index contributed by atoms with van der Waals surface area (Å²) in [6.45, 7) is 3.58. The summed E-state index contributed by atoms with van der Waals surface area (Å²) in [5.74, 6) is -5.23. The van der Waals surface area contributed by atoms with Gasteiger partial charge in [-0.1, -0.05) is 111 Å². The van der Waals surface area contributed by atoms with E-state index < -0.39 is 59.4 Å². The van der Waals surface area contributed by atoms with Gasteiger partial charge >= 0.3 is 5.97 Å². The van der Waals surface area contributed by atoms with Crippen molar-refractivity contribution in [2.75, 3.05) is 11.6 Å². The summed E-state index contributed by atoms with van der Waals surface area (Å²) in [7, 11) is 0. The predicted octanol–water partition coefficient (Wildman–Crippen LogP) is 3.86. The molecule has 0 aliphatic carbocycles. The summed E-state index contributed by atoms with van der Waals surface area (Å²) >= 11 is 1.30. The number of amides is 3. The number of carbonyl (C=O) groups excluding carboxylic acids is 5. The summed E-state index contributed by atoms with van der Waals surface area (Å²) in [6.07, 6.45) is 0.802. The molecule has 0 radical (unpaired) electrons. The number of nitrogens with zero attached hydrogens (tertiary/aromatic N) is 1. The fourth-order valence-corrected chi connectivity index (χ4v) is 6.93. The minimum absolute atomic E-state index is 0.000645. The minimum atomic E-state index is -1.29. The van der Waals surface area contributed by atoms with Gasteiger partial charge < -0.3 is 20.6 Å². The molecule has 49 heavy (non-hydrogen) atoms. The molecule has 4 rings (SSSR count). The third-order valence-electron chi connectivity index (χ3n) is 8.77. The zero-order valence-corrected chi connectivity index (χ0v) is 28.6. The first-order chi connectivity index (χ1) is 23.6. The minimum Gasteiger partial charge on any atom is -0.480 e. The van der Waals surface area contributed by atoms with Crippen LogP contribution in [0.2, 0.25) is 0 Å². The van der Waals surface area contributed by atoms with Gasteiger partial charge in [0.2, 0.25) is 17.6 Å². The van der Waals surface area contributed by atoms with Gasteiger partial charge in [0, 0.05) is 30.9 Å². The molecule has 1 heterocycles. The number of aliphatic carboxylic acids is 1. The highest BCUT2D eigenvalue weighted by molar-refractivity contribution is 7.99. The van der Waals surface area contributed by atoms with Crippen LogP contribution in [0, 0.1) is 11.8 Å². The van der Waals surface area contributed by atoms with Gasteiger partial charge in [0.15, 0.2) is 0 Å². The fraction of sp³-hybridized carbons (Fsp3) is 0.368.